The lowest BCUT2D eigenvalue weighted by Gasteiger charge is -2.33. The molecular weight excluding hydrogens is 484 g/mol. The maximum absolute atomic E-state index is 3.59. The van der Waals surface area contributed by atoms with Gasteiger partial charge in [-0.25, -0.2) is 0 Å². The number of alkyl halides is 2. The van der Waals surface area contributed by atoms with Crippen LogP contribution in [0.2, 0.25) is 0 Å². The highest BCUT2D eigenvalue weighted by molar-refractivity contribution is 9.09. The van der Waals surface area contributed by atoms with E-state index >= 15 is 0 Å². The summed E-state index contributed by atoms with van der Waals surface area (Å²) in [5.41, 5.74) is 9.22. The number of aryl methyl sites for hydroxylation is 2. The molecule has 0 bridgehead atoms. The van der Waals surface area contributed by atoms with Gasteiger partial charge in [0, 0.05) is 16.1 Å². The van der Waals surface area contributed by atoms with Gasteiger partial charge in [-0.2, -0.15) is 0 Å². The number of hydrogen-bond donors (Lipinski definition) is 0. The van der Waals surface area contributed by atoms with Crippen LogP contribution in [0.15, 0.2) is 36.4 Å². The minimum Gasteiger partial charge on any atom is -0.0928 e. The van der Waals surface area contributed by atoms with E-state index in [4.69, 9.17) is 0 Å². The molecule has 0 spiro atoms. The Kier molecular flexibility index (Phi) is 8.86. The van der Waals surface area contributed by atoms with E-state index in [-0.39, 0.29) is 5.41 Å². The van der Waals surface area contributed by atoms with Crippen LogP contribution in [0.1, 0.15) is 86.5 Å². The molecule has 0 fully saturated rings. The zero-order valence-electron chi connectivity index (χ0n) is 18.2. The quantitative estimate of drug-likeness (QED) is 0.193. The monoisotopic (exact) mass is 518 g/mol. The first-order valence-electron chi connectivity index (χ1n) is 11.5. The van der Waals surface area contributed by atoms with Crippen LogP contribution in [0.5, 0.6) is 0 Å². The van der Waals surface area contributed by atoms with E-state index in [1.807, 2.05) is 0 Å². The van der Waals surface area contributed by atoms with E-state index < -0.39 is 0 Å². The lowest BCUT2D eigenvalue weighted by Crippen LogP contribution is -2.25. The third-order valence-electron chi connectivity index (χ3n) is 6.65. The zero-order chi connectivity index (χ0) is 20.7. The molecule has 2 aromatic rings. The SMILES string of the molecule is Cc1ccc2c(c1)C(CCCCCCBr)(CCCCCCBr)c1cc(C)ccc1-2. The average molecular weight is 520 g/mol. The van der Waals surface area contributed by atoms with Crippen molar-refractivity contribution in [3.05, 3.63) is 58.7 Å². The van der Waals surface area contributed by atoms with Gasteiger partial charge in [-0.3, -0.25) is 0 Å². The molecule has 29 heavy (non-hydrogen) atoms. The smallest absolute Gasteiger partial charge is 0.0215 e. The fraction of sp³-hybridized carbons (Fsp3) is 0.556. The topological polar surface area (TPSA) is 0 Å². The fourth-order valence-electron chi connectivity index (χ4n) is 5.14. The summed E-state index contributed by atoms with van der Waals surface area (Å²) in [6, 6.07) is 14.4. The first kappa shape index (κ1) is 23.1. The molecule has 2 aromatic carbocycles. The number of fused-ring (bicyclic) bond motifs is 3. The number of unbranched alkanes of at least 4 members (excludes halogenated alkanes) is 6. The molecule has 0 amide bonds. The van der Waals surface area contributed by atoms with Crippen LogP contribution >= 0.6 is 31.9 Å². The average Bonchev–Trinajstić information content (AvgIpc) is 2.96. The molecule has 0 N–H and O–H groups in total. The number of halogens is 2. The molecular formula is C27H36Br2. The molecule has 0 aliphatic heterocycles. The molecule has 2 heteroatoms. The van der Waals surface area contributed by atoms with Crippen molar-refractivity contribution in [1.82, 2.24) is 0 Å². The molecule has 158 valence electrons. The van der Waals surface area contributed by atoms with Crippen LogP contribution in [-0.4, -0.2) is 10.7 Å². The molecule has 0 unspecified atom stereocenters. The Balaban J connectivity index is 1.93. The molecule has 0 nitrogen and oxygen atoms in total. The van der Waals surface area contributed by atoms with Crippen LogP contribution in [0, 0.1) is 13.8 Å². The normalized spacial score (nSPS) is 14.1. The van der Waals surface area contributed by atoms with E-state index in [2.05, 4.69) is 82.1 Å². The maximum atomic E-state index is 3.59. The zero-order valence-corrected chi connectivity index (χ0v) is 21.4. The lowest BCUT2D eigenvalue weighted by atomic mass is 9.70. The Morgan fingerprint density at radius 2 is 1.00 bits per heavy atom. The first-order valence-corrected chi connectivity index (χ1v) is 13.7. The third-order valence-corrected chi connectivity index (χ3v) is 7.77. The first-order chi connectivity index (χ1) is 14.1. The minimum atomic E-state index is 0.214. The molecule has 0 saturated carbocycles. The molecule has 0 saturated heterocycles. The van der Waals surface area contributed by atoms with Crippen molar-refractivity contribution in [3.8, 4) is 11.1 Å². The number of rotatable bonds is 12. The van der Waals surface area contributed by atoms with Crippen LogP contribution in [-0.2, 0) is 5.41 Å². The van der Waals surface area contributed by atoms with Gasteiger partial charge in [0.15, 0.2) is 0 Å². The van der Waals surface area contributed by atoms with E-state index in [9.17, 15) is 0 Å². The lowest BCUT2D eigenvalue weighted by molar-refractivity contribution is 0.401. The third kappa shape index (κ3) is 5.37. The summed E-state index contributed by atoms with van der Waals surface area (Å²) < 4.78 is 0. The number of hydrogen-bond acceptors (Lipinski definition) is 0. The van der Waals surface area contributed by atoms with Gasteiger partial charge >= 0.3 is 0 Å². The summed E-state index contributed by atoms with van der Waals surface area (Å²) in [5.74, 6) is 0. The second-order valence-electron chi connectivity index (χ2n) is 8.89. The van der Waals surface area contributed by atoms with Crippen LogP contribution in [0.25, 0.3) is 11.1 Å². The maximum Gasteiger partial charge on any atom is 0.0215 e. The molecule has 1 aliphatic carbocycles. The highest BCUT2D eigenvalue weighted by Crippen LogP contribution is 2.54. The van der Waals surface area contributed by atoms with Crippen LogP contribution < -0.4 is 0 Å². The highest BCUT2D eigenvalue weighted by Gasteiger charge is 2.42. The predicted octanol–water partition coefficient (Wildman–Crippen LogP) is 9.26. The fourth-order valence-corrected chi connectivity index (χ4v) is 5.93. The molecule has 0 aromatic heterocycles. The Bertz CT molecular complexity index is 726. The number of benzene rings is 2. The summed E-state index contributed by atoms with van der Waals surface area (Å²) in [7, 11) is 0. The van der Waals surface area contributed by atoms with Crippen molar-refractivity contribution in [1.29, 1.82) is 0 Å². The van der Waals surface area contributed by atoms with Crippen LogP contribution in [0.3, 0.4) is 0 Å². The van der Waals surface area contributed by atoms with Gasteiger partial charge in [0.05, 0.1) is 0 Å². The van der Waals surface area contributed by atoms with Crippen LogP contribution in [0.4, 0.5) is 0 Å². The van der Waals surface area contributed by atoms with Crippen molar-refractivity contribution in [3.63, 3.8) is 0 Å². The van der Waals surface area contributed by atoms with E-state index in [0.29, 0.717) is 0 Å². The van der Waals surface area contributed by atoms with Crippen molar-refractivity contribution in [2.24, 2.45) is 0 Å². The second kappa shape index (κ2) is 11.1. The van der Waals surface area contributed by atoms with Crippen molar-refractivity contribution in [2.75, 3.05) is 10.7 Å². The molecule has 0 radical (unpaired) electrons. The summed E-state index contributed by atoms with van der Waals surface area (Å²) in [6.45, 7) is 4.51. The summed E-state index contributed by atoms with van der Waals surface area (Å²) in [4.78, 5) is 0. The standard InChI is InChI=1S/C27H36Br2/c1-21-11-13-23-24-14-12-22(2)20-26(24)27(25(23)19-21,15-7-3-5-9-17-28)16-8-4-6-10-18-29/h11-14,19-20H,3-10,15-18H2,1-2H3. The van der Waals surface area contributed by atoms with Gasteiger partial charge < -0.3 is 0 Å². The van der Waals surface area contributed by atoms with Crippen molar-refractivity contribution in [2.45, 2.75) is 83.5 Å². The summed E-state index contributed by atoms with van der Waals surface area (Å²) >= 11 is 7.18. The largest absolute Gasteiger partial charge is 0.0928 e. The van der Waals surface area contributed by atoms with Gasteiger partial charge in [0.2, 0.25) is 0 Å². The van der Waals surface area contributed by atoms with Crippen molar-refractivity contribution < 1.29 is 0 Å². The second-order valence-corrected chi connectivity index (χ2v) is 10.5. The van der Waals surface area contributed by atoms with Gasteiger partial charge in [-0.1, -0.05) is 118 Å². The molecule has 0 heterocycles. The van der Waals surface area contributed by atoms with E-state index in [0.717, 1.165) is 10.7 Å². The van der Waals surface area contributed by atoms with E-state index in [1.54, 1.807) is 11.1 Å². The van der Waals surface area contributed by atoms with Gasteiger partial charge in [-0.05, 0) is 61.8 Å². The molecule has 1 aliphatic rings. The van der Waals surface area contributed by atoms with Gasteiger partial charge in [-0.15, -0.1) is 0 Å². The summed E-state index contributed by atoms with van der Waals surface area (Å²) in [6.07, 6.45) is 13.2. The predicted molar refractivity (Wildman–Crippen MR) is 136 cm³/mol. The Morgan fingerprint density at radius 3 is 1.41 bits per heavy atom. The Morgan fingerprint density at radius 1 is 0.586 bits per heavy atom. The van der Waals surface area contributed by atoms with E-state index in [1.165, 1.54) is 86.5 Å². The Labute approximate surface area is 195 Å². The van der Waals surface area contributed by atoms with Gasteiger partial charge in [0.1, 0.15) is 0 Å². The van der Waals surface area contributed by atoms with Crippen molar-refractivity contribution >= 4 is 31.9 Å². The molecule has 0 atom stereocenters. The highest BCUT2D eigenvalue weighted by atomic mass is 79.9. The van der Waals surface area contributed by atoms with Gasteiger partial charge in [0.25, 0.3) is 0 Å². The minimum absolute atomic E-state index is 0.214. The summed E-state index contributed by atoms with van der Waals surface area (Å²) in [5, 5.41) is 2.27. The Hall–Kier alpha value is -0.600. The molecule has 3 rings (SSSR count).